The molecule has 0 aliphatic heterocycles. The number of rotatable bonds is 9. The van der Waals surface area contributed by atoms with Crippen molar-refractivity contribution in [2.75, 3.05) is 25.6 Å². The average molecular weight is 321 g/mol. The van der Waals surface area contributed by atoms with Gasteiger partial charge in [0.1, 0.15) is 15.3 Å². The summed E-state index contributed by atoms with van der Waals surface area (Å²) in [5.74, 6) is -0.521. The van der Waals surface area contributed by atoms with Crippen molar-refractivity contribution in [1.82, 2.24) is 4.90 Å². The van der Waals surface area contributed by atoms with Crippen LogP contribution in [0.2, 0.25) is 0 Å². The van der Waals surface area contributed by atoms with Crippen LogP contribution in [0.4, 0.5) is 0 Å². The number of hydrogen-bond donors (Lipinski definition) is 2. The van der Waals surface area contributed by atoms with Crippen molar-refractivity contribution in [3.05, 3.63) is 0 Å². The summed E-state index contributed by atoms with van der Waals surface area (Å²) in [6.45, 7) is 3.92. The lowest BCUT2D eigenvalue weighted by molar-refractivity contribution is -0.137. The minimum Gasteiger partial charge on any atom is -0.409 e. The highest BCUT2D eigenvalue weighted by atomic mass is 32.2. The van der Waals surface area contributed by atoms with Crippen molar-refractivity contribution in [3.63, 3.8) is 0 Å². The summed E-state index contributed by atoms with van der Waals surface area (Å²) < 4.78 is 22.4. The van der Waals surface area contributed by atoms with Crippen molar-refractivity contribution in [2.24, 2.45) is 16.3 Å². The summed E-state index contributed by atoms with van der Waals surface area (Å²) in [5, 5.41) is 12.0. The fraction of sp³-hybridized carbons (Fsp3) is 0.846. The molecule has 0 unspecified atom stereocenters. The molecule has 0 aromatic heterocycles. The van der Waals surface area contributed by atoms with Crippen LogP contribution in [-0.2, 0) is 14.6 Å². The predicted molar refractivity (Wildman–Crippen MR) is 83.0 cm³/mol. The van der Waals surface area contributed by atoms with Crippen LogP contribution in [-0.4, -0.2) is 55.9 Å². The molecule has 0 radical (unpaired) electrons. The summed E-state index contributed by atoms with van der Waals surface area (Å²) in [6.07, 6.45) is 3.43. The van der Waals surface area contributed by atoms with Gasteiger partial charge in [0.05, 0.1) is 5.75 Å². The second-order valence-electron chi connectivity index (χ2n) is 5.42. The van der Waals surface area contributed by atoms with E-state index in [0.29, 0.717) is 25.7 Å². The van der Waals surface area contributed by atoms with Gasteiger partial charge in [-0.2, -0.15) is 0 Å². The van der Waals surface area contributed by atoms with Crippen LogP contribution in [0.5, 0.6) is 0 Å². The summed E-state index contributed by atoms with van der Waals surface area (Å²) in [4.78, 5) is 14.1. The van der Waals surface area contributed by atoms with Gasteiger partial charge in [-0.25, -0.2) is 8.42 Å². The largest absolute Gasteiger partial charge is 0.409 e. The fourth-order valence-electron chi connectivity index (χ4n) is 2.42. The van der Waals surface area contributed by atoms with Crippen LogP contribution in [0.3, 0.4) is 0 Å². The van der Waals surface area contributed by atoms with E-state index in [4.69, 9.17) is 10.9 Å². The lowest BCUT2D eigenvalue weighted by Crippen LogP contribution is -2.51. The highest BCUT2D eigenvalue weighted by Gasteiger charge is 2.43. The number of carbonyl (C=O) groups excluding carboxylic acids is 1. The van der Waals surface area contributed by atoms with Crippen LogP contribution in [0, 0.1) is 5.41 Å². The van der Waals surface area contributed by atoms with Crippen LogP contribution >= 0.6 is 0 Å². The standard InChI is InChI=1S/C13H27N3O4S/c1-5-7-13(8-6-2,11(14)15-18)12(17)16(3)9-10-21(4,19)20/h18H,5-10H2,1-4H3,(H2,14,15). The second-order valence-corrected chi connectivity index (χ2v) is 7.68. The molecule has 0 spiro atoms. The second kappa shape index (κ2) is 8.21. The van der Waals surface area contributed by atoms with E-state index in [1.165, 1.54) is 11.9 Å². The number of hydrogen-bond acceptors (Lipinski definition) is 5. The lowest BCUT2D eigenvalue weighted by atomic mass is 9.76. The monoisotopic (exact) mass is 321 g/mol. The molecule has 0 aliphatic rings. The third-order valence-electron chi connectivity index (χ3n) is 3.51. The molecule has 21 heavy (non-hydrogen) atoms. The Morgan fingerprint density at radius 2 is 1.76 bits per heavy atom. The molecular formula is C13H27N3O4S. The Hall–Kier alpha value is -1.31. The Bertz CT molecular complexity index is 468. The highest BCUT2D eigenvalue weighted by molar-refractivity contribution is 7.90. The number of amidine groups is 1. The van der Waals surface area contributed by atoms with E-state index in [2.05, 4.69) is 5.16 Å². The first-order valence-corrected chi connectivity index (χ1v) is 9.12. The van der Waals surface area contributed by atoms with Gasteiger partial charge in [0.25, 0.3) is 0 Å². The maximum absolute atomic E-state index is 12.7. The van der Waals surface area contributed by atoms with Gasteiger partial charge >= 0.3 is 0 Å². The van der Waals surface area contributed by atoms with E-state index in [-0.39, 0.29) is 24.0 Å². The van der Waals surface area contributed by atoms with Gasteiger partial charge in [0.15, 0.2) is 5.84 Å². The van der Waals surface area contributed by atoms with E-state index in [0.717, 1.165) is 6.26 Å². The van der Waals surface area contributed by atoms with E-state index in [1.54, 1.807) is 0 Å². The molecule has 7 nitrogen and oxygen atoms in total. The normalized spacial score (nSPS) is 13.2. The molecule has 3 N–H and O–H groups in total. The summed E-state index contributed by atoms with van der Waals surface area (Å²) in [6, 6.07) is 0. The Morgan fingerprint density at radius 3 is 2.10 bits per heavy atom. The van der Waals surface area contributed by atoms with E-state index in [1.807, 2.05) is 13.8 Å². The zero-order valence-electron chi connectivity index (χ0n) is 13.3. The van der Waals surface area contributed by atoms with Gasteiger partial charge in [-0.05, 0) is 12.8 Å². The number of amides is 1. The summed E-state index contributed by atoms with van der Waals surface area (Å²) >= 11 is 0. The van der Waals surface area contributed by atoms with Gasteiger partial charge in [0.2, 0.25) is 5.91 Å². The Morgan fingerprint density at radius 1 is 1.29 bits per heavy atom. The summed E-state index contributed by atoms with van der Waals surface area (Å²) in [7, 11) is -1.61. The molecule has 124 valence electrons. The first-order chi connectivity index (χ1) is 9.64. The van der Waals surface area contributed by atoms with Gasteiger partial charge in [0, 0.05) is 19.8 Å². The topological polar surface area (TPSA) is 113 Å². The first-order valence-electron chi connectivity index (χ1n) is 7.06. The van der Waals surface area contributed by atoms with Gasteiger partial charge in [-0.15, -0.1) is 0 Å². The van der Waals surface area contributed by atoms with Crippen molar-refractivity contribution >= 4 is 21.6 Å². The molecule has 0 aliphatic carbocycles. The smallest absolute Gasteiger partial charge is 0.236 e. The zero-order chi connectivity index (χ0) is 16.7. The molecule has 0 saturated carbocycles. The summed E-state index contributed by atoms with van der Waals surface area (Å²) in [5.41, 5.74) is 4.71. The minimum atomic E-state index is -3.15. The van der Waals surface area contributed by atoms with Gasteiger partial charge in [-0.3, -0.25) is 4.79 Å². The molecular weight excluding hydrogens is 294 g/mol. The Balaban J connectivity index is 5.35. The minimum absolute atomic E-state index is 0.0888. The van der Waals surface area contributed by atoms with Gasteiger partial charge in [-0.1, -0.05) is 31.8 Å². The molecule has 0 bridgehead atoms. The van der Waals surface area contributed by atoms with Crippen molar-refractivity contribution in [3.8, 4) is 0 Å². The number of nitrogens with two attached hydrogens (primary N) is 1. The van der Waals surface area contributed by atoms with Crippen LogP contribution in [0.25, 0.3) is 0 Å². The molecule has 1 amide bonds. The molecule has 8 heteroatoms. The first kappa shape index (κ1) is 19.7. The van der Waals surface area contributed by atoms with Crippen molar-refractivity contribution in [1.29, 1.82) is 0 Å². The van der Waals surface area contributed by atoms with Crippen LogP contribution in [0.1, 0.15) is 39.5 Å². The average Bonchev–Trinajstić information content (AvgIpc) is 2.41. The van der Waals surface area contributed by atoms with E-state index in [9.17, 15) is 13.2 Å². The number of carbonyl (C=O) groups is 1. The number of oxime groups is 1. The molecule has 0 rings (SSSR count). The Labute approximate surface area is 127 Å². The van der Waals surface area contributed by atoms with E-state index >= 15 is 0 Å². The maximum atomic E-state index is 12.7. The number of nitrogens with zero attached hydrogens (tertiary/aromatic N) is 2. The molecule has 0 fully saturated rings. The quantitative estimate of drug-likeness (QED) is 0.282. The molecule has 0 heterocycles. The zero-order valence-corrected chi connectivity index (χ0v) is 14.1. The lowest BCUT2D eigenvalue weighted by Gasteiger charge is -2.34. The fourth-order valence-corrected chi connectivity index (χ4v) is 3.03. The van der Waals surface area contributed by atoms with Crippen LogP contribution in [0.15, 0.2) is 5.16 Å². The Kier molecular flexibility index (Phi) is 7.70. The molecule has 0 saturated heterocycles. The molecule has 0 aromatic carbocycles. The molecule has 0 aromatic rings. The van der Waals surface area contributed by atoms with Crippen LogP contribution < -0.4 is 5.73 Å². The highest BCUT2D eigenvalue weighted by Crippen LogP contribution is 2.32. The SMILES string of the molecule is CCCC(CCC)(C(=O)N(C)CCS(C)(=O)=O)C(N)=NO. The molecule has 0 atom stereocenters. The number of sulfone groups is 1. The predicted octanol–water partition coefficient (Wildman–Crippen LogP) is 0.822. The van der Waals surface area contributed by atoms with E-state index < -0.39 is 15.3 Å². The third kappa shape index (κ3) is 5.53. The maximum Gasteiger partial charge on any atom is 0.236 e. The third-order valence-corrected chi connectivity index (χ3v) is 4.43. The van der Waals surface area contributed by atoms with Crippen molar-refractivity contribution in [2.45, 2.75) is 39.5 Å². The van der Waals surface area contributed by atoms with Gasteiger partial charge < -0.3 is 15.8 Å². The van der Waals surface area contributed by atoms with Crippen molar-refractivity contribution < 1.29 is 18.4 Å².